The number of aromatic nitrogens is 2. The van der Waals surface area contributed by atoms with Gasteiger partial charge in [0.15, 0.2) is 0 Å². The molecule has 1 aromatic heterocycles. The predicted molar refractivity (Wildman–Crippen MR) is 101 cm³/mol. The molecule has 1 heterocycles. The summed E-state index contributed by atoms with van der Waals surface area (Å²) in [6.07, 6.45) is 2.58. The summed E-state index contributed by atoms with van der Waals surface area (Å²) in [6.45, 7) is 0.655. The van der Waals surface area contributed by atoms with Crippen molar-refractivity contribution in [3.63, 3.8) is 0 Å². The van der Waals surface area contributed by atoms with Crippen molar-refractivity contribution < 1.29 is 9.32 Å². The maximum Gasteiger partial charge on any atom is 0.227 e. The SMILES string of the molecule is O=C(CCc1nc(-c2ccccc2Cl)no1)NCCCc1ccccc1. The van der Waals surface area contributed by atoms with Gasteiger partial charge in [-0.3, -0.25) is 4.79 Å². The van der Waals surface area contributed by atoms with E-state index < -0.39 is 0 Å². The molecule has 0 fully saturated rings. The smallest absolute Gasteiger partial charge is 0.227 e. The number of rotatable bonds is 8. The van der Waals surface area contributed by atoms with Crippen LogP contribution in [0.4, 0.5) is 0 Å². The second-order valence-electron chi connectivity index (χ2n) is 5.93. The van der Waals surface area contributed by atoms with Crippen molar-refractivity contribution >= 4 is 17.5 Å². The lowest BCUT2D eigenvalue weighted by Gasteiger charge is -2.04. The zero-order valence-corrected chi connectivity index (χ0v) is 15.1. The van der Waals surface area contributed by atoms with Crippen LogP contribution < -0.4 is 5.32 Å². The molecule has 5 nitrogen and oxygen atoms in total. The van der Waals surface area contributed by atoms with Gasteiger partial charge in [-0.2, -0.15) is 4.98 Å². The van der Waals surface area contributed by atoms with E-state index in [0.29, 0.717) is 36.1 Å². The van der Waals surface area contributed by atoms with Gasteiger partial charge in [0.25, 0.3) is 0 Å². The molecule has 6 heteroatoms. The highest BCUT2D eigenvalue weighted by atomic mass is 35.5. The van der Waals surface area contributed by atoms with Crippen LogP contribution >= 0.6 is 11.6 Å². The quantitative estimate of drug-likeness (QED) is 0.608. The van der Waals surface area contributed by atoms with E-state index >= 15 is 0 Å². The Hall–Kier alpha value is -2.66. The highest BCUT2D eigenvalue weighted by Gasteiger charge is 2.12. The third-order valence-electron chi connectivity index (χ3n) is 3.96. The summed E-state index contributed by atoms with van der Waals surface area (Å²) in [5, 5.41) is 7.42. The van der Waals surface area contributed by atoms with Gasteiger partial charge < -0.3 is 9.84 Å². The number of benzene rings is 2. The molecule has 3 aromatic rings. The highest BCUT2D eigenvalue weighted by molar-refractivity contribution is 6.33. The summed E-state index contributed by atoms with van der Waals surface area (Å²) in [6, 6.07) is 17.5. The first-order valence-corrected chi connectivity index (χ1v) is 8.98. The average Bonchev–Trinajstić information content (AvgIpc) is 3.13. The van der Waals surface area contributed by atoms with E-state index in [0.717, 1.165) is 18.4 Å². The van der Waals surface area contributed by atoms with Crippen LogP contribution in [0.2, 0.25) is 5.02 Å². The Balaban J connectivity index is 1.40. The minimum absolute atomic E-state index is 0.0180. The summed E-state index contributed by atoms with van der Waals surface area (Å²) in [7, 11) is 0. The Kier molecular flexibility index (Phi) is 6.39. The van der Waals surface area contributed by atoms with E-state index in [4.69, 9.17) is 16.1 Å². The van der Waals surface area contributed by atoms with Crippen LogP contribution in [0.15, 0.2) is 59.1 Å². The van der Waals surface area contributed by atoms with Gasteiger partial charge in [0.05, 0.1) is 5.02 Å². The molecule has 0 saturated heterocycles. The molecule has 0 bridgehead atoms. The highest BCUT2D eigenvalue weighted by Crippen LogP contribution is 2.24. The van der Waals surface area contributed by atoms with Crippen molar-refractivity contribution in [2.24, 2.45) is 0 Å². The number of nitrogens with one attached hydrogen (secondary N) is 1. The lowest BCUT2D eigenvalue weighted by Crippen LogP contribution is -2.25. The fourth-order valence-electron chi connectivity index (χ4n) is 2.58. The fourth-order valence-corrected chi connectivity index (χ4v) is 2.80. The van der Waals surface area contributed by atoms with Crippen molar-refractivity contribution in [1.82, 2.24) is 15.5 Å². The molecule has 0 aliphatic rings. The van der Waals surface area contributed by atoms with Gasteiger partial charge in [-0.15, -0.1) is 0 Å². The number of amides is 1. The molecule has 1 amide bonds. The van der Waals surface area contributed by atoms with Gasteiger partial charge in [0.1, 0.15) is 0 Å². The van der Waals surface area contributed by atoms with Crippen LogP contribution in [-0.2, 0) is 17.6 Å². The van der Waals surface area contributed by atoms with Gasteiger partial charge in [-0.1, -0.05) is 59.2 Å². The van der Waals surface area contributed by atoms with Gasteiger partial charge in [-0.25, -0.2) is 0 Å². The summed E-state index contributed by atoms with van der Waals surface area (Å²) in [5.41, 5.74) is 1.99. The zero-order valence-electron chi connectivity index (χ0n) is 14.3. The fraction of sp³-hybridized carbons (Fsp3) is 0.250. The topological polar surface area (TPSA) is 68.0 Å². The first-order chi connectivity index (χ1) is 12.7. The monoisotopic (exact) mass is 369 g/mol. The Labute approximate surface area is 157 Å². The number of hydrogen-bond donors (Lipinski definition) is 1. The largest absolute Gasteiger partial charge is 0.356 e. The standard InChI is InChI=1S/C20H20ClN3O2/c21-17-11-5-4-10-16(17)20-23-19(26-24-20)13-12-18(25)22-14-6-9-15-7-2-1-3-8-15/h1-5,7-8,10-11H,6,9,12-14H2,(H,22,25). The molecule has 0 radical (unpaired) electrons. The maximum absolute atomic E-state index is 11.9. The molecule has 1 N–H and O–H groups in total. The zero-order chi connectivity index (χ0) is 18.2. The van der Waals surface area contributed by atoms with Crippen LogP contribution in [-0.4, -0.2) is 22.6 Å². The van der Waals surface area contributed by atoms with E-state index in [1.165, 1.54) is 5.56 Å². The molecule has 0 aliphatic carbocycles. The molecule has 0 unspecified atom stereocenters. The van der Waals surface area contributed by atoms with Crippen LogP contribution in [0, 0.1) is 0 Å². The van der Waals surface area contributed by atoms with Crippen LogP contribution in [0.25, 0.3) is 11.4 Å². The van der Waals surface area contributed by atoms with E-state index in [9.17, 15) is 4.79 Å². The Morgan fingerprint density at radius 2 is 1.81 bits per heavy atom. The average molecular weight is 370 g/mol. The van der Waals surface area contributed by atoms with Crippen molar-refractivity contribution in [2.45, 2.75) is 25.7 Å². The minimum Gasteiger partial charge on any atom is -0.356 e. The van der Waals surface area contributed by atoms with E-state index in [1.807, 2.05) is 36.4 Å². The number of carbonyl (C=O) groups excluding carboxylic acids is 1. The summed E-state index contributed by atoms with van der Waals surface area (Å²) in [4.78, 5) is 16.2. The molecule has 0 spiro atoms. The lowest BCUT2D eigenvalue weighted by molar-refractivity contribution is -0.121. The third-order valence-corrected chi connectivity index (χ3v) is 4.29. The van der Waals surface area contributed by atoms with E-state index in [2.05, 4.69) is 27.6 Å². The molecule has 26 heavy (non-hydrogen) atoms. The second kappa shape index (κ2) is 9.15. The van der Waals surface area contributed by atoms with Gasteiger partial charge in [0.2, 0.25) is 17.6 Å². The number of aryl methyl sites for hydroxylation is 2. The number of nitrogens with zero attached hydrogens (tertiary/aromatic N) is 2. The minimum atomic E-state index is -0.0180. The Bertz CT molecular complexity index is 849. The van der Waals surface area contributed by atoms with Crippen molar-refractivity contribution in [3.05, 3.63) is 71.1 Å². The number of halogens is 1. The predicted octanol–water partition coefficient (Wildman–Crippen LogP) is 4.07. The van der Waals surface area contributed by atoms with Crippen molar-refractivity contribution in [2.75, 3.05) is 6.54 Å². The molecular weight excluding hydrogens is 350 g/mol. The van der Waals surface area contributed by atoms with Gasteiger partial charge in [0, 0.05) is 24.9 Å². The second-order valence-corrected chi connectivity index (χ2v) is 6.34. The maximum atomic E-state index is 11.9. The molecule has 3 rings (SSSR count). The van der Waals surface area contributed by atoms with E-state index in [1.54, 1.807) is 6.07 Å². The molecule has 0 atom stereocenters. The summed E-state index contributed by atoms with van der Waals surface area (Å²) < 4.78 is 5.21. The van der Waals surface area contributed by atoms with E-state index in [-0.39, 0.29) is 5.91 Å². The molecule has 2 aromatic carbocycles. The molecule has 0 saturated carbocycles. The van der Waals surface area contributed by atoms with Crippen molar-refractivity contribution in [1.29, 1.82) is 0 Å². The first kappa shape index (κ1) is 18.1. The Morgan fingerprint density at radius 3 is 2.62 bits per heavy atom. The molecule has 134 valence electrons. The number of carbonyl (C=O) groups is 1. The normalized spacial score (nSPS) is 10.7. The first-order valence-electron chi connectivity index (χ1n) is 8.60. The number of hydrogen-bond acceptors (Lipinski definition) is 4. The third kappa shape index (κ3) is 5.17. The molecule has 0 aliphatic heterocycles. The van der Waals surface area contributed by atoms with Gasteiger partial charge >= 0.3 is 0 Å². The van der Waals surface area contributed by atoms with Crippen molar-refractivity contribution in [3.8, 4) is 11.4 Å². The van der Waals surface area contributed by atoms with Gasteiger partial charge in [-0.05, 0) is 30.5 Å². The van der Waals surface area contributed by atoms with Crippen LogP contribution in [0.5, 0.6) is 0 Å². The summed E-state index contributed by atoms with van der Waals surface area (Å²) >= 11 is 6.12. The van der Waals surface area contributed by atoms with Crippen LogP contribution in [0.1, 0.15) is 24.3 Å². The molecular formula is C20H20ClN3O2. The summed E-state index contributed by atoms with van der Waals surface area (Å²) in [5.74, 6) is 0.851. The Morgan fingerprint density at radius 1 is 1.04 bits per heavy atom. The lowest BCUT2D eigenvalue weighted by atomic mass is 10.1. The van der Waals surface area contributed by atoms with Crippen LogP contribution in [0.3, 0.4) is 0 Å².